The highest BCUT2D eigenvalue weighted by Crippen LogP contribution is 2.33. The van der Waals surface area contributed by atoms with Gasteiger partial charge in [-0.15, -0.1) is 0 Å². The van der Waals surface area contributed by atoms with Crippen molar-refractivity contribution in [2.75, 3.05) is 18.8 Å². The van der Waals surface area contributed by atoms with Gasteiger partial charge in [0, 0.05) is 23.6 Å². The van der Waals surface area contributed by atoms with Crippen molar-refractivity contribution in [1.82, 2.24) is 10.2 Å². The van der Waals surface area contributed by atoms with E-state index < -0.39 is 12.0 Å². The Morgan fingerprint density at radius 3 is 2.63 bits per heavy atom. The number of urea groups is 1. The number of hydrogen-bond acceptors (Lipinski definition) is 3. The molecule has 5 nitrogen and oxygen atoms in total. The van der Waals surface area contributed by atoms with E-state index in [9.17, 15) is 9.59 Å². The van der Waals surface area contributed by atoms with Crippen LogP contribution >= 0.6 is 11.8 Å². The number of carbonyl (C=O) groups is 2. The maximum Gasteiger partial charge on any atom is 0.326 e. The molecule has 0 radical (unpaired) electrons. The number of rotatable bonds is 3. The van der Waals surface area contributed by atoms with Crippen LogP contribution in [0.15, 0.2) is 0 Å². The van der Waals surface area contributed by atoms with Gasteiger partial charge in [0.05, 0.1) is 0 Å². The van der Waals surface area contributed by atoms with Crippen LogP contribution in [0, 0.1) is 5.92 Å². The normalized spacial score (nSPS) is 24.4. The van der Waals surface area contributed by atoms with E-state index in [1.165, 1.54) is 0 Å². The molecule has 1 aliphatic heterocycles. The molecule has 2 N–H and O–H groups in total. The fourth-order valence-electron chi connectivity index (χ4n) is 2.26. The Balaban J connectivity index is 1.90. The van der Waals surface area contributed by atoms with Gasteiger partial charge >= 0.3 is 12.0 Å². The van der Waals surface area contributed by atoms with Crippen LogP contribution in [0.5, 0.6) is 0 Å². The fraction of sp³-hybridized carbons (Fsp3) is 0.846. The third kappa shape index (κ3) is 4.03. The molecular formula is C13H22N2O3S. The Kier molecular flexibility index (Phi) is 4.28. The lowest BCUT2D eigenvalue weighted by molar-refractivity contribution is -0.139. The van der Waals surface area contributed by atoms with Crippen molar-refractivity contribution in [3.8, 4) is 0 Å². The van der Waals surface area contributed by atoms with Crippen LogP contribution in [-0.4, -0.2) is 51.6 Å². The van der Waals surface area contributed by atoms with Gasteiger partial charge in [-0.05, 0) is 25.2 Å². The molecule has 19 heavy (non-hydrogen) atoms. The van der Waals surface area contributed by atoms with Crippen molar-refractivity contribution in [3.63, 3.8) is 0 Å². The summed E-state index contributed by atoms with van der Waals surface area (Å²) in [5.41, 5.74) is 0. The number of nitrogens with zero attached hydrogens (tertiary/aromatic N) is 1. The van der Waals surface area contributed by atoms with Gasteiger partial charge in [-0.2, -0.15) is 11.8 Å². The van der Waals surface area contributed by atoms with E-state index >= 15 is 0 Å². The van der Waals surface area contributed by atoms with Crippen molar-refractivity contribution >= 4 is 23.8 Å². The summed E-state index contributed by atoms with van der Waals surface area (Å²) >= 11 is 1.87. The van der Waals surface area contributed by atoms with Crippen LogP contribution in [0.1, 0.15) is 33.1 Å². The molecule has 1 saturated carbocycles. The second-order valence-electron chi connectivity index (χ2n) is 5.95. The molecule has 0 aromatic carbocycles. The van der Waals surface area contributed by atoms with E-state index in [0.717, 1.165) is 25.0 Å². The zero-order chi connectivity index (χ0) is 14.0. The first-order valence-corrected chi connectivity index (χ1v) is 7.80. The summed E-state index contributed by atoms with van der Waals surface area (Å²) < 4.78 is 0.192. The number of nitrogens with one attached hydrogen (secondary N) is 1. The lowest BCUT2D eigenvalue weighted by Crippen LogP contribution is -2.49. The highest BCUT2D eigenvalue weighted by molar-refractivity contribution is 8.00. The van der Waals surface area contributed by atoms with E-state index in [1.807, 2.05) is 11.8 Å². The number of amides is 2. The van der Waals surface area contributed by atoms with Gasteiger partial charge in [-0.3, -0.25) is 0 Å². The largest absolute Gasteiger partial charge is 0.480 e. The Morgan fingerprint density at radius 2 is 2.05 bits per heavy atom. The van der Waals surface area contributed by atoms with Gasteiger partial charge in [-0.1, -0.05) is 13.8 Å². The SMILES string of the molecule is CC1(C)CCN(C(=O)NC(C(=O)O)C2CC2)CCS1. The maximum atomic E-state index is 12.2. The molecule has 0 aromatic heterocycles. The summed E-state index contributed by atoms with van der Waals surface area (Å²) in [5, 5.41) is 11.8. The Hall–Kier alpha value is -0.910. The molecule has 1 unspecified atom stereocenters. The van der Waals surface area contributed by atoms with Gasteiger partial charge < -0.3 is 15.3 Å². The molecule has 0 bridgehead atoms. The first-order valence-electron chi connectivity index (χ1n) is 6.81. The average molecular weight is 286 g/mol. The summed E-state index contributed by atoms with van der Waals surface area (Å²) in [4.78, 5) is 25.0. The lowest BCUT2D eigenvalue weighted by atomic mass is 10.1. The number of carboxylic acids is 1. The van der Waals surface area contributed by atoms with Crippen LogP contribution in [0.2, 0.25) is 0 Å². The second-order valence-corrected chi connectivity index (χ2v) is 7.75. The lowest BCUT2D eigenvalue weighted by Gasteiger charge is -2.24. The summed E-state index contributed by atoms with van der Waals surface area (Å²) in [6.45, 7) is 5.76. The highest BCUT2D eigenvalue weighted by atomic mass is 32.2. The Morgan fingerprint density at radius 1 is 1.37 bits per heavy atom. The predicted molar refractivity (Wildman–Crippen MR) is 75.4 cm³/mol. The minimum atomic E-state index is -0.916. The number of hydrogen-bond donors (Lipinski definition) is 2. The predicted octanol–water partition coefficient (Wildman–Crippen LogP) is 1.78. The van der Waals surface area contributed by atoms with Gasteiger partial charge in [0.15, 0.2) is 0 Å². The first kappa shape index (κ1) is 14.5. The molecule has 108 valence electrons. The molecule has 6 heteroatoms. The van der Waals surface area contributed by atoms with Crippen molar-refractivity contribution in [2.45, 2.75) is 43.9 Å². The average Bonchev–Trinajstić information content (AvgIpc) is 3.12. The topological polar surface area (TPSA) is 69.6 Å². The maximum absolute atomic E-state index is 12.2. The molecule has 0 spiro atoms. The van der Waals surface area contributed by atoms with Crippen molar-refractivity contribution in [3.05, 3.63) is 0 Å². The standard InChI is InChI=1S/C13H22N2O3S/c1-13(2)5-6-15(7-8-19-13)12(18)14-10(11(16)17)9-3-4-9/h9-10H,3-8H2,1-2H3,(H,14,18)(H,16,17). The van der Waals surface area contributed by atoms with Crippen molar-refractivity contribution in [2.24, 2.45) is 5.92 Å². The zero-order valence-corrected chi connectivity index (χ0v) is 12.3. The van der Waals surface area contributed by atoms with Crippen LogP contribution in [0.25, 0.3) is 0 Å². The van der Waals surface area contributed by atoms with Crippen LogP contribution in [0.3, 0.4) is 0 Å². The molecule has 2 aliphatic rings. The highest BCUT2D eigenvalue weighted by Gasteiger charge is 2.38. The molecule has 1 atom stereocenters. The fourth-order valence-corrected chi connectivity index (χ4v) is 3.36. The van der Waals surface area contributed by atoms with Crippen LogP contribution in [-0.2, 0) is 4.79 Å². The van der Waals surface area contributed by atoms with E-state index in [-0.39, 0.29) is 16.7 Å². The Bertz CT molecular complexity index is 369. The van der Waals surface area contributed by atoms with Gasteiger partial charge in [0.2, 0.25) is 0 Å². The van der Waals surface area contributed by atoms with Crippen molar-refractivity contribution < 1.29 is 14.7 Å². The zero-order valence-electron chi connectivity index (χ0n) is 11.5. The molecule has 1 aliphatic carbocycles. The molecule has 1 saturated heterocycles. The summed E-state index contributed by atoms with van der Waals surface area (Å²) in [7, 11) is 0. The summed E-state index contributed by atoms with van der Waals surface area (Å²) in [6, 6.07) is -0.936. The summed E-state index contributed by atoms with van der Waals surface area (Å²) in [5.74, 6) is 0.112. The Labute approximate surface area is 118 Å². The van der Waals surface area contributed by atoms with Crippen LogP contribution in [0.4, 0.5) is 4.79 Å². The third-order valence-electron chi connectivity index (χ3n) is 3.76. The van der Waals surface area contributed by atoms with E-state index in [1.54, 1.807) is 4.90 Å². The molecule has 2 fully saturated rings. The van der Waals surface area contributed by atoms with E-state index in [0.29, 0.717) is 13.1 Å². The number of aliphatic carboxylic acids is 1. The third-order valence-corrected chi connectivity index (χ3v) is 5.14. The minimum absolute atomic E-state index is 0.124. The smallest absolute Gasteiger partial charge is 0.326 e. The monoisotopic (exact) mass is 286 g/mol. The van der Waals surface area contributed by atoms with E-state index in [4.69, 9.17) is 5.11 Å². The van der Waals surface area contributed by atoms with E-state index in [2.05, 4.69) is 19.2 Å². The molecule has 1 heterocycles. The van der Waals surface area contributed by atoms with Gasteiger partial charge in [-0.25, -0.2) is 9.59 Å². The number of carboxylic acid groups (broad SMARTS) is 1. The molecular weight excluding hydrogens is 264 g/mol. The van der Waals surface area contributed by atoms with Gasteiger partial charge in [0.25, 0.3) is 0 Å². The second kappa shape index (κ2) is 5.61. The molecule has 0 aromatic rings. The van der Waals surface area contributed by atoms with Crippen molar-refractivity contribution in [1.29, 1.82) is 0 Å². The number of carbonyl (C=O) groups excluding carboxylic acids is 1. The molecule has 2 rings (SSSR count). The summed E-state index contributed by atoms with van der Waals surface area (Å²) in [6.07, 6.45) is 2.74. The number of thioether (sulfide) groups is 1. The quantitative estimate of drug-likeness (QED) is 0.829. The van der Waals surface area contributed by atoms with Gasteiger partial charge in [0.1, 0.15) is 6.04 Å². The molecule has 2 amide bonds. The minimum Gasteiger partial charge on any atom is -0.480 e. The first-order chi connectivity index (χ1) is 8.89. The van der Waals surface area contributed by atoms with Crippen LogP contribution < -0.4 is 5.32 Å².